The number of likely N-dealkylation sites (N-methyl/N-ethyl adjacent to an activating group) is 1. The number of halogens is 1. The van der Waals surface area contributed by atoms with Crippen molar-refractivity contribution in [3.05, 3.63) is 83.5 Å². The third-order valence-corrected chi connectivity index (χ3v) is 5.68. The number of anilines is 1. The number of hydrogen-bond donors (Lipinski definition) is 0. The lowest BCUT2D eigenvalue weighted by molar-refractivity contribution is 0.0960. The summed E-state index contributed by atoms with van der Waals surface area (Å²) in [5.41, 5.74) is 2.85. The molecule has 1 atom stereocenters. The topological polar surface area (TPSA) is 36.4 Å². The van der Waals surface area contributed by atoms with E-state index < -0.39 is 0 Å². The highest BCUT2D eigenvalue weighted by atomic mass is 35.5. The van der Waals surface area contributed by atoms with Gasteiger partial charge in [0.1, 0.15) is 0 Å². The molecule has 0 bridgehead atoms. The molecule has 2 heterocycles. The minimum absolute atomic E-state index is 0.0439. The second-order valence-electron chi connectivity index (χ2n) is 7.49. The lowest BCUT2D eigenvalue weighted by atomic mass is 10.0. The molecule has 0 spiro atoms. The predicted octanol–water partition coefficient (Wildman–Crippen LogP) is 5.14. The molecule has 1 aromatic heterocycles. The fraction of sp³-hybridized carbons (Fsp3) is 0.250. The molecule has 1 aliphatic heterocycles. The molecular weight excluding hydrogens is 382 g/mol. The standard InChI is InChI=1S/C24H24ClN3O/c1-27-16-6-9-21(17-27)28(23-22(25)10-5-15-26-23)24(29)20-13-11-19(12-14-20)18-7-3-2-4-8-18/h2-5,7-8,10-15,21H,6,9,16-17H2,1H3/t21-/m1/s1. The van der Waals surface area contributed by atoms with Gasteiger partial charge < -0.3 is 4.90 Å². The highest BCUT2D eigenvalue weighted by Crippen LogP contribution is 2.29. The van der Waals surface area contributed by atoms with Gasteiger partial charge in [0.2, 0.25) is 0 Å². The molecule has 3 aromatic rings. The van der Waals surface area contributed by atoms with Crippen LogP contribution in [0.25, 0.3) is 11.1 Å². The maximum absolute atomic E-state index is 13.6. The molecule has 0 N–H and O–H groups in total. The molecule has 1 fully saturated rings. The Balaban J connectivity index is 1.67. The zero-order valence-electron chi connectivity index (χ0n) is 16.5. The molecule has 0 saturated carbocycles. The number of amides is 1. The first-order chi connectivity index (χ1) is 14.1. The summed E-state index contributed by atoms with van der Waals surface area (Å²) in [5, 5.41) is 0.495. The number of carbonyl (C=O) groups is 1. The van der Waals surface area contributed by atoms with Gasteiger partial charge in [-0.15, -0.1) is 0 Å². The second-order valence-corrected chi connectivity index (χ2v) is 7.89. The number of hydrogen-bond acceptors (Lipinski definition) is 3. The van der Waals surface area contributed by atoms with Gasteiger partial charge in [-0.25, -0.2) is 4.98 Å². The number of pyridine rings is 1. The van der Waals surface area contributed by atoms with E-state index in [1.54, 1.807) is 23.2 Å². The maximum Gasteiger partial charge on any atom is 0.259 e. The van der Waals surface area contributed by atoms with Gasteiger partial charge in [0.05, 0.1) is 11.1 Å². The van der Waals surface area contributed by atoms with E-state index in [1.807, 2.05) is 42.5 Å². The molecule has 0 aliphatic carbocycles. The van der Waals surface area contributed by atoms with Gasteiger partial charge >= 0.3 is 0 Å². The molecule has 4 rings (SSSR count). The van der Waals surface area contributed by atoms with E-state index in [1.165, 1.54) is 0 Å². The SMILES string of the molecule is CN1CCC[C@@H](N(C(=O)c2ccc(-c3ccccc3)cc2)c2ncccc2Cl)C1. The van der Waals surface area contributed by atoms with Crippen molar-refractivity contribution in [1.82, 2.24) is 9.88 Å². The van der Waals surface area contributed by atoms with Crippen LogP contribution in [0.1, 0.15) is 23.2 Å². The Kier molecular flexibility index (Phi) is 5.93. The summed E-state index contributed by atoms with van der Waals surface area (Å²) in [6.07, 6.45) is 3.67. The van der Waals surface area contributed by atoms with E-state index in [2.05, 4.69) is 29.1 Å². The van der Waals surface area contributed by atoms with Crippen molar-refractivity contribution in [2.24, 2.45) is 0 Å². The van der Waals surface area contributed by atoms with Gasteiger partial charge in [-0.3, -0.25) is 9.69 Å². The first-order valence-electron chi connectivity index (χ1n) is 9.91. The molecular formula is C24H24ClN3O. The van der Waals surface area contributed by atoms with Crippen molar-refractivity contribution in [3.63, 3.8) is 0 Å². The van der Waals surface area contributed by atoms with Crippen molar-refractivity contribution < 1.29 is 4.79 Å². The monoisotopic (exact) mass is 405 g/mol. The van der Waals surface area contributed by atoms with Crippen LogP contribution in [0.2, 0.25) is 5.02 Å². The van der Waals surface area contributed by atoms with Crippen LogP contribution in [-0.4, -0.2) is 42.0 Å². The second kappa shape index (κ2) is 8.76. The highest BCUT2D eigenvalue weighted by Gasteiger charge is 2.31. The molecule has 2 aromatic carbocycles. The quantitative estimate of drug-likeness (QED) is 0.602. The first-order valence-corrected chi connectivity index (χ1v) is 10.3. The Morgan fingerprint density at radius 3 is 2.45 bits per heavy atom. The van der Waals surface area contributed by atoms with Gasteiger partial charge in [-0.2, -0.15) is 0 Å². The summed E-state index contributed by atoms with van der Waals surface area (Å²) in [5.74, 6) is 0.470. The molecule has 4 nitrogen and oxygen atoms in total. The van der Waals surface area contributed by atoms with Crippen LogP contribution in [0.4, 0.5) is 5.82 Å². The van der Waals surface area contributed by atoms with E-state index in [9.17, 15) is 4.79 Å². The fourth-order valence-electron chi connectivity index (χ4n) is 3.91. The summed E-state index contributed by atoms with van der Waals surface area (Å²) in [7, 11) is 2.09. The van der Waals surface area contributed by atoms with E-state index in [-0.39, 0.29) is 11.9 Å². The Morgan fingerprint density at radius 2 is 1.76 bits per heavy atom. The Labute approximate surface area is 176 Å². The highest BCUT2D eigenvalue weighted by molar-refractivity contribution is 6.33. The van der Waals surface area contributed by atoms with Crippen LogP contribution < -0.4 is 4.90 Å². The zero-order chi connectivity index (χ0) is 20.2. The number of aromatic nitrogens is 1. The molecule has 0 radical (unpaired) electrons. The van der Waals surface area contributed by atoms with Crippen molar-refractivity contribution in [2.45, 2.75) is 18.9 Å². The summed E-state index contributed by atoms with van der Waals surface area (Å²) < 4.78 is 0. The lowest BCUT2D eigenvalue weighted by Crippen LogP contribution is -2.50. The lowest BCUT2D eigenvalue weighted by Gasteiger charge is -2.37. The summed E-state index contributed by atoms with van der Waals surface area (Å²) >= 11 is 6.44. The number of nitrogens with zero attached hydrogens (tertiary/aromatic N) is 3. The number of piperidine rings is 1. The van der Waals surface area contributed by atoms with Crippen LogP contribution in [0, 0.1) is 0 Å². The largest absolute Gasteiger partial charge is 0.304 e. The molecule has 1 saturated heterocycles. The number of benzene rings is 2. The van der Waals surface area contributed by atoms with Gasteiger partial charge in [0.25, 0.3) is 5.91 Å². The van der Waals surface area contributed by atoms with Crippen molar-refractivity contribution in [1.29, 1.82) is 0 Å². The van der Waals surface area contributed by atoms with E-state index >= 15 is 0 Å². The molecule has 1 amide bonds. The normalized spacial score (nSPS) is 17.1. The molecule has 5 heteroatoms. The average Bonchev–Trinajstić information content (AvgIpc) is 2.76. The number of likely N-dealkylation sites (tertiary alicyclic amines) is 1. The van der Waals surface area contributed by atoms with Crippen LogP contribution in [0.3, 0.4) is 0 Å². The van der Waals surface area contributed by atoms with Crippen LogP contribution in [0.5, 0.6) is 0 Å². The summed E-state index contributed by atoms with van der Waals surface area (Å²) in [6, 6.07) is 21.5. The Morgan fingerprint density at radius 1 is 1.03 bits per heavy atom. The minimum Gasteiger partial charge on any atom is -0.304 e. The van der Waals surface area contributed by atoms with Crippen molar-refractivity contribution in [2.75, 3.05) is 25.0 Å². The van der Waals surface area contributed by atoms with Gasteiger partial charge in [0, 0.05) is 18.3 Å². The van der Waals surface area contributed by atoms with Gasteiger partial charge in [0.15, 0.2) is 5.82 Å². The summed E-state index contributed by atoms with van der Waals surface area (Å²) in [6.45, 7) is 1.85. The average molecular weight is 406 g/mol. The third kappa shape index (κ3) is 4.34. The van der Waals surface area contributed by atoms with Gasteiger partial charge in [-0.05, 0) is 61.8 Å². The predicted molar refractivity (Wildman–Crippen MR) is 118 cm³/mol. The molecule has 148 valence electrons. The van der Waals surface area contributed by atoms with E-state index in [0.717, 1.165) is 37.1 Å². The summed E-state index contributed by atoms with van der Waals surface area (Å²) in [4.78, 5) is 22.0. The Bertz CT molecular complexity index is 975. The molecule has 1 aliphatic rings. The van der Waals surface area contributed by atoms with Crippen molar-refractivity contribution in [3.8, 4) is 11.1 Å². The van der Waals surface area contributed by atoms with Crippen LogP contribution in [0.15, 0.2) is 72.9 Å². The van der Waals surface area contributed by atoms with Crippen molar-refractivity contribution >= 4 is 23.3 Å². The fourth-order valence-corrected chi connectivity index (χ4v) is 4.13. The van der Waals surface area contributed by atoms with Crippen LogP contribution in [-0.2, 0) is 0 Å². The third-order valence-electron chi connectivity index (χ3n) is 5.39. The van der Waals surface area contributed by atoms with E-state index in [4.69, 9.17) is 11.6 Å². The smallest absolute Gasteiger partial charge is 0.259 e. The molecule has 29 heavy (non-hydrogen) atoms. The molecule has 0 unspecified atom stereocenters. The minimum atomic E-state index is -0.0643. The van der Waals surface area contributed by atoms with Crippen LogP contribution >= 0.6 is 11.6 Å². The maximum atomic E-state index is 13.6. The number of rotatable bonds is 4. The Hall–Kier alpha value is -2.69. The van der Waals surface area contributed by atoms with Gasteiger partial charge in [-0.1, -0.05) is 54.1 Å². The zero-order valence-corrected chi connectivity index (χ0v) is 17.2. The number of carbonyl (C=O) groups excluding carboxylic acids is 1. The van der Waals surface area contributed by atoms with E-state index in [0.29, 0.717) is 16.4 Å². The first kappa shape index (κ1) is 19.6.